The average molecular weight is 288 g/mol. The molecule has 3 nitrogen and oxygen atoms in total. The van der Waals surface area contributed by atoms with E-state index in [4.69, 9.17) is 0 Å². The lowest BCUT2D eigenvalue weighted by molar-refractivity contribution is -0.119. The maximum absolute atomic E-state index is 11.5. The van der Waals surface area contributed by atoms with Crippen molar-refractivity contribution < 1.29 is 14.4 Å². The van der Waals surface area contributed by atoms with Gasteiger partial charge in [-0.2, -0.15) is 0 Å². The number of allylic oxidation sites excluding steroid dienone is 4. The predicted octanol–water partition coefficient (Wildman–Crippen LogP) is 3.72. The molecule has 2 aliphatic carbocycles. The van der Waals surface area contributed by atoms with Crippen molar-refractivity contribution in [1.82, 2.24) is 0 Å². The highest BCUT2D eigenvalue weighted by Gasteiger charge is 2.35. The minimum Gasteiger partial charge on any atom is -0.300 e. The number of rotatable bonds is 5. The SMILES string of the molecule is CC(=O)CCC(C)(C1=CCC(=O)CC1)C1=CCC(=O)CC1. The van der Waals surface area contributed by atoms with Crippen molar-refractivity contribution in [2.24, 2.45) is 5.41 Å². The zero-order chi connectivity index (χ0) is 15.5. The van der Waals surface area contributed by atoms with Crippen molar-refractivity contribution in [3.63, 3.8) is 0 Å². The van der Waals surface area contributed by atoms with Crippen molar-refractivity contribution in [3.05, 3.63) is 23.3 Å². The number of hydrogen-bond acceptors (Lipinski definition) is 3. The monoisotopic (exact) mass is 288 g/mol. The fraction of sp³-hybridized carbons (Fsp3) is 0.611. The maximum atomic E-state index is 11.5. The molecule has 0 heterocycles. The van der Waals surface area contributed by atoms with Gasteiger partial charge in [0.15, 0.2) is 0 Å². The molecule has 21 heavy (non-hydrogen) atoms. The topological polar surface area (TPSA) is 51.2 Å². The van der Waals surface area contributed by atoms with Crippen LogP contribution in [0.15, 0.2) is 23.3 Å². The van der Waals surface area contributed by atoms with Gasteiger partial charge in [0.2, 0.25) is 0 Å². The molecule has 0 fully saturated rings. The molecule has 0 saturated carbocycles. The third kappa shape index (κ3) is 3.78. The normalized spacial score (nSPS) is 20.1. The number of carbonyl (C=O) groups excluding carboxylic acids is 3. The number of hydrogen-bond donors (Lipinski definition) is 0. The van der Waals surface area contributed by atoms with Gasteiger partial charge >= 0.3 is 0 Å². The van der Waals surface area contributed by atoms with Gasteiger partial charge in [0.1, 0.15) is 17.3 Å². The summed E-state index contributed by atoms with van der Waals surface area (Å²) in [5.74, 6) is 0.780. The van der Waals surface area contributed by atoms with E-state index in [0.717, 1.165) is 19.3 Å². The number of carbonyl (C=O) groups is 3. The van der Waals surface area contributed by atoms with Crippen molar-refractivity contribution in [2.75, 3.05) is 0 Å². The van der Waals surface area contributed by atoms with Crippen molar-refractivity contribution >= 4 is 17.3 Å². The predicted molar refractivity (Wildman–Crippen MR) is 81.9 cm³/mol. The first kappa shape index (κ1) is 15.9. The molecular weight excluding hydrogens is 264 g/mol. The highest BCUT2D eigenvalue weighted by Crippen LogP contribution is 2.46. The van der Waals surface area contributed by atoms with E-state index in [1.54, 1.807) is 6.92 Å². The van der Waals surface area contributed by atoms with E-state index in [9.17, 15) is 14.4 Å². The molecule has 0 bridgehead atoms. The van der Waals surface area contributed by atoms with Gasteiger partial charge in [-0.05, 0) is 26.2 Å². The van der Waals surface area contributed by atoms with E-state index in [-0.39, 0.29) is 11.2 Å². The first-order valence-corrected chi connectivity index (χ1v) is 7.83. The Morgan fingerprint density at radius 2 is 1.48 bits per heavy atom. The van der Waals surface area contributed by atoms with Gasteiger partial charge in [0.25, 0.3) is 0 Å². The summed E-state index contributed by atoms with van der Waals surface area (Å²) in [6.45, 7) is 3.80. The standard InChI is InChI=1S/C18H24O3/c1-13(19)11-12-18(2,14-3-7-16(20)8-4-14)15-5-9-17(21)10-6-15/h3,5H,4,6-12H2,1-2H3. The Hall–Kier alpha value is -1.51. The highest BCUT2D eigenvalue weighted by molar-refractivity contribution is 5.83. The van der Waals surface area contributed by atoms with E-state index in [2.05, 4.69) is 19.1 Å². The lowest BCUT2D eigenvalue weighted by Crippen LogP contribution is -2.27. The molecule has 0 aromatic carbocycles. The molecule has 0 atom stereocenters. The van der Waals surface area contributed by atoms with Crippen LogP contribution in [0, 0.1) is 5.41 Å². The van der Waals surface area contributed by atoms with Gasteiger partial charge in [0, 0.05) is 37.5 Å². The zero-order valence-corrected chi connectivity index (χ0v) is 13.0. The van der Waals surface area contributed by atoms with Crippen LogP contribution in [0.5, 0.6) is 0 Å². The van der Waals surface area contributed by atoms with E-state index < -0.39 is 0 Å². The van der Waals surface area contributed by atoms with E-state index in [1.165, 1.54) is 11.1 Å². The number of Topliss-reactive ketones (excluding diaryl/α,β-unsaturated/α-hetero) is 3. The van der Waals surface area contributed by atoms with Crippen LogP contribution in [0.4, 0.5) is 0 Å². The summed E-state index contributed by atoms with van der Waals surface area (Å²) in [5.41, 5.74) is 2.40. The Kier molecular flexibility index (Phi) is 4.92. The van der Waals surface area contributed by atoms with Crippen molar-refractivity contribution in [3.8, 4) is 0 Å². The quantitative estimate of drug-likeness (QED) is 0.724. The second-order valence-corrected chi connectivity index (χ2v) is 6.48. The molecule has 0 spiro atoms. The Balaban J connectivity index is 2.27. The van der Waals surface area contributed by atoms with Gasteiger partial charge in [-0.3, -0.25) is 9.59 Å². The Labute approximate surface area is 126 Å². The number of ketones is 3. The molecule has 0 aliphatic heterocycles. The van der Waals surface area contributed by atoms with Crippen LogP contribution in [0.25, 0.3) is 0 Å². The molecule has 3 heteroatoms. The fourth-order valence-corrected chi connectivity index (χ4v) is 3.39. The summed E-state index contributed by atoms with van der Waals surface area (Å²) in [5, 5.41) is 0. The average Bonchev–Trinajstić information content (AvgIpc) is 2.46. The Morgan fingerprint density at radius 3 is 1.81 bits per heavy atom. The second-order valence-electron chi connectivity index (χ2n) is 6.48. The van der Waals surface area contributed by atoms with E-state index in [1.807, 2.05) is 0 Å². The zero-order valence-electron chi connectivity index (χ0n) is 13.0. The largest absolute Gasteiger partial charge is 0.300 e. The van der Waals surface area contributed by atoms with Crippen LogP contribution in [-0.2, 0) is 14.4 Å². The van der Waals surface area contributed by atoms with Gasteiger partial charge in [-0.1, -0.05) is 30.2 Å². The molecule has 0 saturated heterocycles. The third-order valence-electron chi connectivity index (χ3n) is 4.89. The molecular formula is C18H24O3. The fourth-order valence-electron chi connectivity index (χ4n) is 3.39. The molecule has 0 radical (unpaired) electrons. The van der Waals surface area contributed by atoms with Crippen molar-refractivity contribution in [1.29, 1.82) is 0 Å². The van der Waals surface area contributed by atoms with Crippen molar-refractivity contribution in [2.45, 2.75) is 65.2 Å². The lowest BCUT2D eigenvalue weighted by Gasteiger charge is -2.38. The Bertz CT molecular complexity index is 487. The molecule has 0 unspecified atom stereocenters. The molecule has 0 aromatic heterocycles. The second kappa shape index (κ2) is 6.50. The molecule has 2 aliphatic rings. The first-order valence-electron chi connectivity index (χ1n) is 7.83. The minimum atomic E-state index is -0.160. The van der Waals surface area contributed by atoms with E-state index in [0.29, 0.717) is 43.7 Å². The van der Waals surface area contributed by atoms with Crippen LogP contribution >= 0.6 is 0 Å². The molecule has 0 aromatic rings. The molecule has 0 amide bonds. The van der Waals surface area contributed by atoms with Gasteiger partial charge in [-0.15, -0.1) is 0 Å². The van der Waals surface area contributed by atoms with E-state index >= 15 is 0 Å². The Morgan fingerprint density at radius 1 is 1.00 bits per heavy atom. The lowest BCUT2D eigenvalue weighted by atomic mass is 9.66. The highest BCUT2D eigenvalue weighted by atomic mass is 16.1. The maximum Gasteiger partial charge on any atom is 0.136 e. The first-order chi connectivity index (χ1) is 9.91. The summed E-state index contributed by atoms with van der Waals surface area (Å²) >= 11 is 0. The van der Waals surface area contributed by atoms with Crippen LogP contribution in [0.3, 0.4) is 0 Å². The summed E-state index contributed by atoms with van der Waals surface area (Å²) in [6, 6.07) is 0. The third-order valence-corrected chi connectivity index (χ3v) is 4.89. The summed E-state index contributed by atoms with van der Waals surface area (Å²) in [4.78, 5) is 34.3. The summed E-state index contributed by atoms with van der Waals surface area (Å²) < 4.78 is 0. The summed E-state index contributed by atoms with van der Waals surface area (Å²) in [7, 11) is 0. The van der Waals surface area contributed by atoms with Crippen LogP contribution in [0.1, 0.15) is 65.2 Å². The van der Waals surface area contributed by atoms with Crippen LogP contribution in [0.2, 0.25) is 0 Å². The van der Waals surface area contributed by atoms with Crippen LogP contribution < -0.4 is 0 Å². The summed E-state index contributed by atoms with van der Waals surface area (Å²) in [6.07, 6.45) is 9.26. The van der Waals surface area contributed by atoms with Gasteiger partial charge < -0.3 is 4.79 Å². The molecule has 2 rings (SSSR count). The smallest absolute Gasteiger partial charge is 0.136 e. The van der Waals surface area contributed by atoms with Gasteiger partial charge in [-0.25, -0.2) is 0 Å². The van der Waals surface area contributed by atoms with Crippen LogP contribution in [-0.4, -0.2) is 17.3 Å². The minimum absolute atomic E-state index is 0.160. The van der Waals surface area contributed by atoms with Gasteiger partial charge in [0.05, 0.1) is 0 Å². The molecule has 0 N–H and O–H groups in total. The molecule has 114 valence electrons.